The Labute approximate surface area is 154 Å². The summed E-state index contributed by atoms with van der Waals surface area (Å²) in [6.45, 7) is 0.716. The first-order valence-electron chi connectivity index (χ1n) is 8.68. The summed E-state index contributed by atoms with van der Waals surface area (Å²) in [5.41, 5.74) is 3.50. The maximum Gasteiger partial charge on any atom is 0.118 e. The van der Waals surface area contributed by atoms with E-state index in [-0.39, 0.29) is 6.04 Å². The third-order valence-corrected chi connectivity index (χ3v) is 4.37. The van der Waals surface area contributed by atoms with Crippen LogP contribution >= 0.6 is 0 Å². The number of nitrogens with zero attached hydrogens (tertiary/aromatic N) is 1. The van der Waals surface area contributed by atoms with Gasteiger partial charge in [-0.1, -0.05) is 30.3 Å². The lowest BCUT2D eigenvalue weighted by Gasteiger charge is -2.20. The molecule has 2 aromatic carbocycles. The molecule has 3 rings (SSSR count). The van der Waals surface area contributed by atoms with Crippen molar-refractivity contribution in [3.05, 3.63) is 89.7 Å². The zero-order valence-electron chi connectivity index (χ0n) is 15.2. The molecule has 0 spiro atoms. The topological polar surface area (TPSA) is 43.4 Å². The molecule has 0 aliphatic heterocycles. The summed E-state index contributed by atoms with van der Waals surface area (Å²) in [6.07, 6.45) is 2.70. The highest BCUT2D eigenvalue weighted by molar-refractivity contribution is 5.32. The largest absolute Gasteiger partial charge is 0.497 e. The van der Waals surface area contributed by atoms with Gasteiger partial charge in [0.15, 0.2) is 0 Å². The second-order valence-corrected chi connectivity index (χ2v) is 6.08. The van der Waals surface area contributed by atoms with E-state index in [9.17, 15) is 0 Å². The first-order chi connectivity index (χ1) is 12.8. The third kappa shape index (κ3) is 4.83. The van der Waals surface area contributed by atoms with E-state index >= 15 is 0 Å². The van der Waals surface area contributed by atoms with E-state index in [0.717, 1.165) is 23.6 Å². The minimum Gasteiger partial charge on any atom is -0.497 e. The number of hydrogen-bond donors (Lipinski definition) is 1. The fourth-order valence-corrected chi connectivity index (χ4v) is 2.87. The van der Waals surface area contributed by atoms with Gasteiger partial charge in [0.05, 0.1) is 19.9 Å². The van der Waals surface area contributed by atoms with Gasteiger partial charge in [-0.25, -0.2) is 0 Å². The van der Waals surface area contributed by atoms with E-state index in [0.29, 0.717) is 6.54 Å². The Bertz CT molecular complexity index is 787. The zero-order chi connectivity index (χ0) is 18.2. The Hall–Kier alpha value is -2.85. The Morgan fingerprint density at radius 1 is 0.846 bits per heavy atom. The lowest BCUT2D eigenvalue weighted by atomic mass is 9.98. The number of hydrogen-bond acceptors (Lipinski definition) is 4. The number of rotatable bonds is 8. The van der Waals surface area contributed by atoms with Crippen molar-refractivity contribution in [3.63, 3.8) is 0 Å². The lowest BCUT2D eigenvalue weighted by Crippen LogP contribution is -2.23. The van der Waals surface area contributed by atoms with Gasteiger partial charge < -0.3 is 14.8 Å². The van der Waals surface area contributed by atoms with E-state index in [1.54, 1.807) is 14.2 Å². The van der Waals surface area contributed by atoms with Crippen LogP contribution in [0.25, 0.3) is 0 Å². The molecule has 0 saturated carbocycles. The summed E-state index contributed by atoms with van der Waals surface area (Å²) in [5.74, 6) is 1.73. The summed E-state index contributed by atoms with van der Waals surface area (Å²) in [7, 11) is 3.37. The molecule has 0 unspecified atom stereocenters. The zero-order valence-corrected chi connectivity index (χ0v) is 15.2. The first kappa shape index (κ1) is 18.0. The van der Waals surface area contributed by atoms with Gasteiger partial charge in [-0.05, 0) is 53.9 Å². The Morgan fingerprint density at radius 3 is 2.08 bits per heavy atom. The van der Waals surface area contributed by atoms with Crippen molar-refractivity contribution in [1.82, 2.24) is 10.3 Å². The van der Waals surface area contributed by atoms with Gasteiger partial charge in [-0.3, -0.25) is 4.98 Å². The molecule has 1 heterocycles. The van der Waals surface area contributed by atoms with Crippen molar-refractivity contribution in [3.8, 4) is 11.5 Å². The standard InChI is InChI=1S/C22H24N2O2/c1-25-20-10-6-17(7-11-20)15-22(18-8-12-21(26-2)13-9-18)24-16-19-5-3-4-14-23-19/h3-14,22,24H,15-16H2,1-2H3/t22-/m0/s1. The maximum atomic E-state index is 5.28. The molecule has 134 valence electrons. The molecule has 0 amide bonds. The van der Waals surface area contributed by atoms with Crippen LogP contribution in [0.15, 0.2) is 72.9 Å². The number of benzene rings is 2. The van der Waals surface area contributed by atoms with Crippen molar-refractivity contribution in [2.75, 3.05) is 14.2 Å². The molecule has 0 saturated heterocycles. The summed E-state index contributed by atoms with van der Waals surface area (Å²) >= 11 is 0. The fraction of sp³-hybridized carbons (Fsp3) is 0.227. The minimum atomic E-state index is 0.177. The highest BCUT2D eigenvalue weighted by Gasteiger charge is 2.13. The van der Waals surface area contributed by atoms with Crippen LogP contribution in [0.2, 0.25) is 0 Å². The molecule has 0 bridgehead atoms. The van der Waals surface area contributed by atoms with Gasteiger partial charge in [-0.2, -0.15) is 0 Å². The van der Waals surface area contributed by atoms with Crippen LogP contribution in [0.5, 0.6) is 11.5 Å². The summed E-state index contributed by atoms with van der Waals surface area (Å²) in [4.78, 5) is 4.40. The highest BCUT2D eigenvalue weighted by Crippen LogP contribution is 2.23. The smallest absolute Gasteiger partial charge is 0.118 e. The van der Waals surface area contributed by atoms with Crippen LogP contribution in [0, 0.1) is 0 Å². The Kier molecular flexibility index (Phi) is 6.23. The van der Waals surface area contributed by atoms with Crippen LogP contribution in [-0.4, -0.2) is 19.2 Å². The van der Waals surface area contributed by atoms with Crippen molar-refractivity contribution < 1.29 is 9.47 Å². The second kappa shape index (κ2) is 9.02. The van der Waals surface area contributed by atoms with Gasteiger partial charge in [-0.15, -0.1) is 0 Å². The number of methoxy groups -OCH3 is 2. The van der Waals surface area contributed by atoms with Crippen LogP contribution in [0.1, 0.15) is 22.9 Å². The van der Waals surface area contributed by atoms with Gasteiger partial charge in [0, 0.05) is 18.8 Å². The second-order valence-electron chi connectivity index (χ2n) is 6.08. The Morgan fingerprint density at radius 2 is 1.50 bits per heavy atom. The van der Waals surface area contributed by atoms with Crippen LogP contribution in [-0.2, 0) is 13.0 Å². The average molecular weight is 348 g/mol. The van der Waals surface area contributed by atoms with Crippen molar-refractivity contribution in [1.29, 1.82) is 0 Å². The number of ether oxygens (including phenoxy) is 2. The monoisotopic (exact) mass is 348 g/mol. The molecule has 1 aromatic heterocycles. The fourth-order valence-electron chi connectivity index (χ4n) is 2.87. The van der Waals surface area contributed by atoms with Crippen molar-refractivity contribution in [2.24, 2.45) is 0 Å². The number of pyridine rings is 1. The van der Waals surface area contributed by atoms with Crippen LogP contribution in [0.4, 0.5) is 0 Å². The number of nitrogens with one attached hydrogen (secondary N) is 1. The lowest BCUT2D eigenvalue weighted by molar-refractivity contribution is 0.413. The van der Waals surface area contributed by atoms with Gasteiger partial charge >= 0.3 is 0 Å². The van der Waals surface area contributed by atoms with Gasteiger partial charge in [0.2, 0.25) is 0 Å². The van der Waals surface area contributed by atoms with E-state index in [1.165, 1.54) is 11.1 Å². The SMILES string of the molecule is COc1ccc(C[C@H](NCc2ccccn2)c2ccc(OC)cc2)cc1. The summed E-state index contributed by atoms with van der Waals surface area (Å²) in [6, 6.07) is 22.6. The Balaban J connectivity index is 1.77. The predicted molar refractivity (Wildman–Crippen MR) is 104 cm³/mol. The van der Waals surface area contributed by atoms with Crippen molar-refractivity contribution in [2.45, 2.75) is 19.0 Å². The van der Waals surface area contributed by atoms with Gasteiger partial charge in [0.25, 0.3) is 0 Å². The van der Waals surface area contributed by atoms with E-state index in [2.05, 4.69) is 34.6 Å². The molecule has 0 radical (unpaired) electrons. The summed E-state index contributed by atoms with van der Waals surface area (Å²) < 4.78 is 10.5. The molecule has 0 aliphatic rings. The number of aromatic nitrogens is 1. The molecule has 3 aromatic rings. The van der Waals surface area contributed by atoms with E-state index in [4.69, 9.17) is 9.47 Å². The maximum absolute atomic E-state index is 5.28. The van der Waals surface area contributed by atoms with Crippen LogP contribution in [0.3, 0.4) is 0 Å². The van der Waals surface area contributed by atoms with E-state index in [1.807, 2.05) is 48.7 Å². The molecule has 0 fully saturated rings. The average Bonchev–Trinajstić information content (AvgIpc) is 2.72. The van der Waals surface area contributed by atoms with Crippen LogP contribution < -0.4 is 14.8 Å². The van der Waals surface area contributed by atoms with Crippen molar-refractivity contribution >= 4 is 0 Å². The molecular weight excluding hydrogens is 324 g/mol. The predicted octanol–water partition coefficient (Wildman–Crippen LogP) is 4.17. The third-order valence-electron chi connectivity index (χ3n) is 4.37. The molecule has 26 heavy (non-hydrogen) atoms. The van der Waals surface area contributed by atoms with Gasteiger partial charge in [0.1, 0.15) is 11.5 Å². The molecular formula is C22H24N2O2. The quantitative estimate of drug-likeness (QED) is 0.663. The summed E-state index contributed by atoms with van der Waals surface area (Å²) in [5, 5.41) is 3.63. The normalized spacial score (nSPS) is 11.8. The molecule has 1 atom stereocenters. The minimum absolute atomic E-state index is 0.177. The molecule has 0 aliphatic carbocycles. The van der Waals surface area contributed by atoms with E-state index < -0.39 is 0 Å². The molecule has 1 N–H and O–H groups in total. The highest BCUT2D eigenvalue weighted by atomic mass is 16.5. The molecule has 4 heteroatoms. The first-order valence-corrected chi connectivity index (χ1v) is 8.68. The molecule has 4 nitrogen and oxygen atoms in total.